The highest BCUT2D eigenvalue weighted by molar-refractivity contribution is 9.10. The van der Waals surface area contributed by atoms with Gasteiger partial charge in [0.1, 0.15) is 22.7 Å². The number of fused-ring (bicyclic) bond motifs is 2. The molecule has 12 nitrogen and oxygen atoms in total. The Labute approximate surface area is 247 Å². The predicted molar refractivity (Wildman–Crippen MR) is 152 cm³/mol. The number of anilines is 1. The lowest BCUT2D eigenvalue weighted by molar-refractivity contribution is -0.129. The molecule has 1 unspecified atom stereocenters. The van der Waals surface area contributed by atoms with Crippen molar-refractivity contribution >= 4 is 50.1 Å². The minimum atomic E-state index is -0.692. The van der Waals surface area contributed by atoms with Gasteiger partial charge in [0.15, 0.2) is 17.4 Å². The van der Waals surface area contributed by atoms with Gasteiger partial charge in [-0.15, -0.1) is 0 Å². The molecular weight excluding hydrogens is 611 g/mol. The maximum absolute atomic E-state index is 13.9. The molecule has 4 aromatic rings. The zero-order valence-electron chi connectivity index (χ0n) is 23.2. The summed E-state index contributed by atoms with van der Waals surface area (Å²) in [6.07, 6.45) is 5.18. The van der Waals surface area contributed by atoms with Gasteiger partial charge in [-0.2, -0.15) is 5.10 Å². The fourth-order valence-corrected chi connectivity index (χ4v) is 5.98. The maximum Gasteiger partial charge on any atom is 0.316 e. The van der Waals surface area contributed by atoms with Gasteiger partial charge in [0.25, 0.3) is 0 Å². The first-order valence-electron chi connectivity index (χ1n) is 13.2. The summed E-state index contributed by atoms with van der Waals surface area (Å²) in [5, 5.41) is 7.79. The Morgan fingerprint density at radius 2 is 1.93 bits per heavy atom. The second-order valence-electron chi connectivity index (χ2n) is 10.9. The van der Waals surface area contributed by atoms with Crippen LogP contribution in [0.2, 0.25) is 0 Å². The topological polar surface area (TPSA) is 145 Å². The Morgan fingerprint density at radius 3 is 2.62 bits per heavy atom. The molecule has 2 aliphatic heterocycles. The van der Waals surface area contributed by atoms with E-state index in [4.69, 9.17) is 4.74 Å². The van der Waals surface area contributed by atoms with E-state index >= 15 is 0 Å². The number of nitrogens with zero attached hydrogens (tertiary/aromatic N) is 7. The fraction of sp³-hybridized carbons (Fsp3) is 0.357. The first-order chi connectivity index (χ1) is 20.0. The quantitative estimate of drug-likeness (QED) is 0.173. The highest BCUT2D eigenvalue weighted by atomic mass is 79.9. The molecule has 6 heterocycles. The molecule has 1 N–H and O–H groups in total. The van der Waals surface area contributed by atoms with Crippen molar-refractivity contribution in [1.82, 2.24) is 34.6 Å². The van der Waals surface area contributed by atoms with Crippen molar-refractivity contribution in [3.8, 4) is 17.3 Å². The number of piperidine rings is 1. The molecule has 4 atom stereocenters. The fourth-order valence-electron chi connectivity index (χ4n) is 5.68. The van der Waals surface area contributed by atoms with Gasteiger partial charge in [0, 0.05) is 42.4 Å². The highest BCUT2D eigenvalue weighted by Gasteiger charge is 2.64. The Morgan fingerprint density at radius 1 is 1.19 bits per heavy atom. The Hall–Kier alpha value is -4.17. The minimum absolute atomic E-state index is 0.0101. The van der Waals surface area contributed by atoms with Crippen LogP contribution < -0.4 is 10.1 Å². The van der Waals surface area contributed by atoms with E-state index in [0.29, 0.717) is 40.7 Å². The van der Waals surface area contributed by atoms with E-state index in [1.165, 1.54) is 24.8 Å². The Kier molecular flexibility index (Phi) is 6.84. The number of ether oxygens (including phenoxy) is 1. The number of methoxy groups -OCH3 is 1. The maximum atomic E-state index is 13.9. The summed E-state index contributed by atoms with van der Waals surface area (Å²) in [5.41, 5.74) is 2.07. The summed E-state index contributed by atoms with van der Waals surface area (Å²) in [5.74, 6) is -1.79. The monoisotopic (exact) mass is 636 g/mol. The third-order valence-corrected chi connectivity index (χ3v) is 8.45. The van der Waals surface area contributed by atoms with Crippen LogP contribution >= 0.6 is 15.9 Å². The van der Waals surface area contributed by atoms with E-state index in [0.717, 1.165) is 0 Å². The summed E-state index contributed by atoms with van der Waals surface area (Å²) in [6.45, 7) is 5.61. The van der Waals surface area contributed by atoms with E-state index < -0.39 is 17.8 Å². The van der Waals surface area contributed by atoms with E-state index in [9.17, 15) is 18.8 Å². The predicted octanol–water partition coefficient (Wildman–Crippen LogP) is 3.38. The molecule has 0 saturated carbocycles. The van der Waals surface area contributed by atoms with E-state index in [1.807, 2.05) is 11.8 Å². The largest absolute Gasteiger partial charge is 0.467 e. The summed E-state index contributed by atoms with van der Waals surface area (Å²) in [6, 6.07) is 2.52. The standard InChI is InChI=1S/C28H26BrFN8O4/c1-13-5-18(30)24(29)34-25(13)35-26(41)17-7-28(3)12-37(28)23(17)21(40)11-38-20-10-31-19(6-16(20)22(36-38)14(2)39)15-8-32-27(42-4)33-9-15/h5-6,8-10,17,23H,7,11-12H2,1-4H3,(H,34,35,41)/t17-,23?,28+,37+/m0/s1. The van der Waals surface area contributed by atoms with Crippen LogP contribution in [0.1, 0.15) is 36.3 Å². The SMILES string of the molecule is COc1ncc(-c2cc3c(C(C)=O)nn(CC(=O)C4[C@@H](C(=O)Nc5nc(Br)c(F)cc5C)C[C@]5(C)C[N@]45)c3cn2)cn1. The van der Waals surface area contributed by atoms with E-state index in [-0.39, 0.29) is 51.7 Å². The smallest absolute Gasteiger partial charge is 0.316 e. The van der Waals surface area contributed by atoms with Crippen molar-refractivity contribution < 1.29 is 23.5 Å². The van der Waals surface area contributed by atoms with Gasteiger partial charge in [-0.05, 0) is 53.9 Å². The number of pyridine rings is 2. The van der Waals surface area contributed by atoms with Crippen molar-refractivity contribution in [3.05, 3.63) is 52.4 Å². The second kappa shape index (κ2) is 10.3. The second-order valence-corrected chi connectivity index (χ2v) is 11.6. The lowest BCUT2D eigenvalue weighted by atomic mass is 9.90. The third-order valence-electron chi connectivity index (χ3n) is 7.89. The van der Waals surface area contributed by atoms with Crippen LogP contribution in [0, 0.1) is 18.7 Å². The number of hydrogen-bond acceptors (Lipinski definition) is 10. The van der Waals surface area contributed by atoms with Gasteiger partial charge in [-0.1, -0.05) is 0 Å². The molecule has 0 aliphatic carbocycles. The van der Waals surface area contributed by atoms with Gasteiger partial charge >= 0.3 is 6.01 Å². The van der Waals surface area contributed by atoms with Gasteiger partial charge in [0.2, 0.25) is 5.91 Å². The lowest BCUT2D eigenvalue weighted by Crippen LogP contribution is -2.41. The van der Waals surface area contributed by atoms with Crippen LogP contribution in [0.15, 0.2) is 35.3 Å². The van der Waals surface area contributed by atoms with Crippen molar-refractivity contribution in [2.24, 2.45) is 5.92 Å². The third kappa shape index (κ3) is 4.83. The molecular formula is C28H26BrFN8O4. The molecule has 4 aromatic heterocycles. The molecule has 0 aromatic carbocycles. The molecule has 2 saturated heterocycles. The summed E-state index contributed by atoms with van der Waals surface area (Å²) >= 11 is 3.06. The van der Waals surface area contributed by atoms with Gasteiger partial charge in [-0.3, -0.25) is 28.9 Å². The first kappa shape index (κ1) is 28.0. The zero-order chi connectivity index (χ0) is 29.9. The molecule has 0 spiro atoms. The van der Waals surface area contributed by atoms with E-state index in [2.05, 4.69) is 46.3 Å². The lowest BCUT2D eigenvalue weighted by Gasteiger charge is -2.21. The van der Waals surface area contributed by atoms with Crippen molar-refractivity contribution in [1.29, 1.82) is 0 Å². The molecule has 42 heavy (non-hydrogen) atoms. The number of rotatable bonds is 8. The number of hydrogen-bond donors (Lipinski definition) is 1. The first-order valence-corrected chi connectivity index (χ1v) is 14.0. The highest BCUT2D eigenvalue weighted by Crippen LogP contribution is 2.50. The van der Waals surface area contributed by atoms with Crippen LogP contribution in [0.25, 0.3) is 22.2 Å². The molecule has 2 aliphatic rings. The molecule has 1 amide bonds. The zero-order valence-corrected chi connectivity index (χ0v) is 24.8. The van der Waals surface area contributed by atoms with Crippen LogP contribution in [0.4, 0.5) is 10.2 Å². The Balaban J connectivity index is 1.28. The average molecular weight is 637 g/mol. The summed E-state index contributed by atoms with van der Waals surface area (Å²) in [4.78, 5) is 58.6. The number of nitrogens with one attached hydrogen (secondary N) is 1. The van der Waals surface area contributed by atoms with Crippen LogP contribution in [-0.2, 0) is 16.1 Å². The number of carbonyl (C=O) groups is 3. The van der Waals surface area contributed by atoms with Crippen LogP contribution in [0.5, 0.6) is 6.01 Å². The van der Waals surface area contributed by atoms with Gasteiger partial charge < -0.3 is 10.1 Å². The summed E-state index contributed by atoms with van der Waals surface area (Å²) in [7, 11) is 1.47. The Bertz CT molecular complexity index is 1780. The number of amides is 1. The number of halogens is 2. The normalized spacial score (nSPS) is 22.6. The molecule has 0 bridgehead atoms. The molecule has 0 radical (unpaired) electrons. The molecule has 6 rings (SSSR count). The van der Waals surface area contributed by atoms with Crippen molar-refractivity contribution in [2.45, 2.75) is 45.3 Å². The average Bonchev–Trinajstić information content (AvgIpc) is 3.33. The van der Waals surface area contributed by atoms with Crippen LogP contribution in [-0.4, -0.2) is 77.3 Å². The van der Waals surface area contributed by atoms with Gasteiger partial charge in [0.05, 0.1) is 36.5 Å². The van der Waals surface area contributed by atoms with Crippen molar-refractivity contribution in [3.63, 3.8) is 0 Å². The molecule has 14 heteroatoms. The number of aryl methyl sites for hydroxylation is 1. The van der Waals surface area contributed by atoms with Crippen LogP contribution in [0.3, 0.4) is 0 Å². The van der Waals surface area contributed by atoms with E-state index in [1.54, 1.807) is 31.6 Å². The minimum Gasteiger partial charge on any atom is -0.467 e. The summed E-state index contributed by atoms with van der Waals surface area (Å²) < 4.78 is 20.3. The molecule has 2 fully saturated rings. The molecule has 216 valence electrons. The number of ketones is 2. The number of Topliss-reactive ketones (excluding diaryl/α,β-unsaturated/α-hetero) is 2. The van der Waals surface area contributed by atoms with Gasteiger partial charge in [-0.25, -0.2) is 19.3 Å². The van der Waals surface area contributed by atoms with Crippen molar-refractivity contribution in [2.75, 3.05) is 19.0 Å². The number of aromatic nitrogens is 6. The number of carbonyl (C=O) groups excluding carboxylic acids is 3.